The second-order valence-electron chi connectivity index (χ2n) is 6.93. The Balaban J connectivity index is 1.29. The van der Waals surface area contributed by atoms with Crippen LogP contribution in [0.2, 0.25) is 0 Å². The Labute approximate surface area is 152 Å². The van der Waals surface area contributed by atoms with Gasteiger partial charge in [-0.05, 0) is 41.0 Å². The summed E-state index contributed by atoms with van der Waals surface area (Å²) >= 11 is 0. The fraction of sp³-hybridized carbons (Fsp3) is 0.556. The van der Waals surface area contributed by atoms with Crippen LogP contribution in [0.4, 0.5) is 0 Å². The van der Waals surface area contributed by atoms with Crippen LogP contribution < -0.4 is 0 Å². The third-order valence-corrected chi connectivity index (χ3v) is 5.08. The fourth-order valence-electron chi connectivity index (χ4n) is 3.58. The van der Waals surface area contributed by atoms with Gasteiger partial charge in [-0.15, -0.1) is 5.10 Å². The number of benzene rings is 1. The predicted octanol–water partition coefficient (Wildman–Crippen LogP) is 0.658. The van der Waals surface area contributed by atoms with Crippen LogP contribution in [0.25, 0.3) is 0 Å². The van der Waals surface area contributed by atoms with Gasteiger partial charge in [0.25, 0.3) is 5.91 Å². The lowest BCUT2D eigenvalue weighted by atomic mass is 10.1. The van der Waals surface area contributed by atoms with Crippen molar-refractivity contribution in [2.45, 2.75) is 25.5 Å². The molecule has 2 aliphatic rings. The van der Waals surface area contributed by atoms with Crippen LogP contribution in [-0.2, 0) is 11.3 Å². The highest BCUT2D eigenvalue weighted by Crippen LogP contribution is 2.16. The monoisotopic (exact) mass is 356 g/mol. The molecular formula is C18H24N6O2. The van der Waals surface area contributed by atoms with E-state index in [1.807, 2.05) is 29.2 Å². The molecule has 0 aliphatic carbocycles. The summed E-state index contributed by atoms with van der Waals surface area (Å²) in [6.07, 6.45) is 4.29. The molecule has 2 aliphatic heterocycles. The standard InChI is InChI=1S/C18H24N6O2/c25-18(16-5-3-15(4-6-16)12-24-14-19-20-21-24)23-9-7-22(8-10-23)13-17-2-1-11-26-17/h3-6,14,17H,1-2,7-13H2. The molecule has 1 amide bonds. The molecule has 1 atom stereocenters. The number of hydrogen-bond acceptors (Lipinski definition) is 6. The topological polar surface area (TPSA) is 76.4 Å². The minimum absolute atomic E-state index is 0.107. The highest BCUT2D eigenvalue weighted by molar-refractivity contribution is 5.94. The van der Waals surface area contributed by atoms with E-state index < -0.39 is 0 Å². The van der Waals surface area contributed by atoms with E-state index in [9.17, 15) is 4.79 Å². The number of nitrogens with zero attached hydrogens (tertiary/aromatic N) is 6. The summed E-state index contributed by atoms with van der Waals surface area (Å²) in [5.74, 6) is 0.107. The smallest absolute Gasteiger partial charge is 0.253 e. The first-order valence-corrected chi connectivity index (χ1v) is 9.21. The van der Waals surface area contributed by atoms with Gasteiger partial charge in [0.2, 0.25) is 0 Å². The van der Waals surface area contributed by atoms with E-state index in [4.69, 9.17) is 4.74 Å². The Morgan fingerprint density at radius 3 is 2.62 bits per heavy atom. The van der Waals surface area contributed by atoms with E-state index >= 15 is 0 Å². The SMILES string of the molecule is O=C(c1ccc(Cn2cnnn2)cc1)N1CCN(CC2CCCO2)CC1. The molecule has 2 aromatic rings. The van der Waals surface area contributed by atoms with Crippen molar-refractivity contribution < 1.29 is 9.53 Å². The minimum Gasteiger partial charge on any atom is -0.377 e. The van der Waals surface area contributed by atoms with Crippen LogP contribution in [-0.4, -0.2) is 81.3 Å². The van der Waals surface area contributed by atoms with Crippen molar-refractivity contribution in [2.75, 3.05) is 39.3 Å². The number of amides is 1. The molecule has 3 heterocycles. The number of aromatic nitrogens is 4. The van der Waals surface area contributed by atoms with E-state index in [0.29, 0.717) is 12.6 Å². The molecule has 4 rings (SSSR count). The van der Waals surface area contributed by atoms with Crippen LogP contribution in [0.3, 0.4) is 0 Å². The quantitative estimate of drug-likeness (QED) is 0.783. The lowest BCUT2D eigenvalue weighted by molar-refractivity contribution is 0.0432. The summed E-state index contributed by atoms with van der Waals surface area (Å²) in [5, 5.41) is 11.1. The molecule has 0 N–H and O–H groups in total. The van der Waals surface area contributed by atoms with Crippen LogP contribution in [0, 0.1) is 0 Å². The van der Waals surface area contributed by atoms with Crippen LogP contribution in [0.1, 0.15) is 28.8 Å². The molecule has 0 radical (unpaired) electrons. The van der Waals surface area contributed by atoms with E-state index in [0.717, 1.165) is 56.9 Å². The Bertz CT molecular complexity index is 704. The lowest BCUT2D eigenvalue weighted by Crippen LogP contribution is -2.50. The number of tetrazole rings is 1. The summed E-state index contributed by atoms with van der Waals surface area (Å²) in [4.78, 5) is 17.1. The molecule has 138 valence electrons. The first kappa shape index (κ1) is 17.1. The van der Waals surface area contributed by atoms with E-state index in [2.05, 4.69) is 20.4 Å². The molecule has 1 unspecified atom stereocenters. The maximum Gasteiger partial charge on any atom is 0.253 e. The van der Waals surface area contributed by atoms with Gasteiger partial charge in [0.15, 0.2) is 0 Å². The summed E-state index contributed by atoms with van der Waals surface area (Å²) in [7, 11) is 0. The first-order chi connectivity index (χ1) is 12.8. The zero-order valence-electron chi connectivity index (χ0n) is 14.8. The summed E-state index contributed by atoms with van der Waals surface area (Å²) in [5.41, 5.74) is 1.80. The van der Waals surface area contributed by atoms with Gasteiger partial charge in [-0.25, -0.2) is 4.68 Å². The predicted molar refractivity (Wildman–Crippen MR) is 94.7 cm³/mol. The van der Waals surface area contributed by atoms with Crippen molar-refractivity contribution in [3.8, 4) is 0 Å². The highest BCUT2D eigenvalue weighted by Gasteiger charge is 2.25. The van der Waals surface area contributed by atoms with Crippen LogP contribution in [0.5, 0.6) is 0 Å². The third kappa shape index (κ3) is 4.08. The number of hydrogen-bond donors (Lipinski definition) is 0. The molecule has 0 spiro atoms. The number of carbonyl (C=O) groups excluding carboxylic acids is 1. The molecule has 0 saturated carbocycles. The van der Waals surface area contributed by atoms with Gasteiger partial charge in [-0.2, -0.15) is 0 Å². The third-order valence-electron chi connectivity index (χ3n) is 5.08. The van der Waals surface area contributed by atoms with Gasteiger partial charge in [0.1, 0.15) is 6.33 Å². The largest absolute Gasteiger partial charge is 0.377 e. The van der Waals surface area contributed by atoms with Gasteiger partial charge in [0.05, 0.1) is 12.6 Å². The molecule has 2 fully saturated rings. The van der Waals surface area contributed by atoms with Crippen molar-refractivity contribution in [1.82, 2.24) is 30.0 Å². The fourth-order valence-corrected chi connectivity index (χ4v) is 3.58. The average molecular weight is 356 g/mol. The number of ether oxygens (including phenoxy) is 1. The Morgan fingerprint density at radius 1 is 1.15 bits per heavy atom. The summed E-state index contributed by atoms with van der Waals surface area (Å²) < 4.78 is 7.37. The Morgan fingerprint density at radius 2 is 1.96 bits per heavy atom. The summed E-state index contributed by atoms with van der Waals surface area (Å²) in [6, 6.07) is 7.70. The second kappa shape index (κ2) is 7.92. The first-order valence-electron chi connectivity index (χ1n) is 9.21. The van der Waals surface area contributed by atoms with E-state index in [1.165, 1.54) is 6.42 Å². The van der Waals surface area contributed by atoms with Gasteiger partial charge in [-0.1, -0.05) is 12.1 Å². The zero-order chi connectivity index (χ0) is 17.8. The molecule has 1 aromatic heterocycles. The highest BCUT2D eigenvalue weighted by atomic mass is 16.5. The van der Waals surface area contributed by atoms with Gasteiger partial charge in [0, 0.05) is 44.9 Å². The Kier molecular flexibility index (Phi) is 5.21. The van der Waals surface area contributed by atoms with Crippen molar-refractivity contribution in [3.63, 3.8) is 0 Å². The molecule has 26 heavy (non-hydrogen) atoms. The van der Waals surface area contributed by atoms with E-state index in [1.54, 1.807) is 11.0 Å². The number of piperazine rings is 1. The molecule has 2 saturated heterocycles. The van der Waals surface area contributed by atoms with Crippen molar-refractivity contribution in [1.29, 1.82) is 0 Å². The number of carbonyl (C=O) groups is 1. The van der Waals surface area contributed by atoms with Crippen molar-refractivity contribution >= 4 is 5.91 Å². The maximum atomic E-state index is 12.7. The number of rotatable bonds is 5. The van der Waals surface area contributed by atoms with Crippen LogP contribution >= 0.6 is 0 Å². The maximum absolute atomic E-state index is 12.7. The van der Waals surface area contributed by atoms with Crippen molar-refractivity contribution in [2.24, 2.45) is 0 Å². The summed E-state index contributed by atoms with van der Waals surface area (Å²) in [6.45, 7) is 5.88. The minimum atomic E-state index is 0.107. The van der Waals surface area contributed by atoms with Gasteiger partial charge in [-0.3, -0.25) is 9.69 Å². The van der Waals surface area contributed by atoms with Crippen LogP contribution in [0.15, 0.2) is 30.6 Å². The molecular weight excluding hydrogens is 332 g/mol. The zero-order valence-corrected chi connectivity index (χ0v) is 14.8. The normalized spacial score (nSPS) is 21.2. The van der Waals surface area contributed by atoms with Gasteiger partial charge >= 0.3 is 0 Å². The van der Waals surface area contributed by atoms with E-state index in [-0.39, 0.29) is 5.91 Å². The van der Waals surface area contributed by atoms with Gasteiger partial charge < -0.3 is 9.64 Å². The van der Waals surface area contributed by atoms with Crippen molar-refractivity contribution in [3.05, 3.63) is 41.7 Å². The molecule has 8 nitrogen and oxygen atoms in total. The second-order valence-corrected chi connectivity index (χ2v) is 6.93. The molecule has 1 aromatic carbocycles. The molecule has 0 bridgehead atoms. The molecule has 8 heteroatoms. The average Bonchev–Trinajstić information content (AvgIpc) is 3.37. The lowest BCUT2D eigenvalue weighted by Gasteiger charge is -2.35. The Hall–Kier alpha value is -2.32.